The first-order valence-corrected chi connectivity index (χ1v) is 19.7. The lowest BCUT2D eigenvalue weighted by Crippen LogP contribution is -2.25. The minimum atomic E-state index is -0.180. The SMILES string of the molecule is CC.CC1(C)c2ccccc2-c2cc3c4ccccc4n(-c4ccccc4)c3cc21.c1ccc2c(c1)-c1ccccc1C21c2ccccc2-c2ccccc21. The van der Waals surface area contributed by atoms with Crippen LogP contribution >= 0.6 is 0 Å². The van der Waals surface area contributed by atoms with Gasteiger partial charge in [-0.05, 0) is 97.1 Å². The molecule has 1 nitrogen and oxygen atoms in total. The minimum absolute atomic E-state index is 0.0120. The fourth-order valence-electron chi connectivity index (χ4n) is 10.1. The quantitative estimate of drug-likeness (QED) is 0.160. The van der Waals surface area contributed by atoms with Crippen LogP contribution in [0.3, 0.4) is 0 Å². The lowest BCUT2D eigenvalue weighted by atomic mass is 9.70. The monoisotopic (exact) mass is 705 g/mol. The molecule has 1 heterocycles. The molecule has 1 spiro atoms. The van der Waals surface area contributed by atoms with E-state index in [-0.39, 0.29) is 10.8 Å². The Morgan fingerprint density at radius 2 is 0.727 bits per heavy atom. The standard InChI is InChI=1S/C27H21N.C25H16.C2H6/c1-27(2)23-14-8-6-12-19(23)21-16-22-20-13-7-9-15-25(20)28(26(22)17-24(21)27)18-10-4-3-5-11-18;1-5-13-21-17(9-1)18-10-2-6-14-22(18)25(21)23-15-7-3-11-19(23)20-12-4-8-16-24(20)25;1-2/h3-17H,1-2H3;1-16H;1-2H3. The van der Waals surface area contributed by atoms with Crippen LogP contribution in [0.2, 0.25) is 0 Å². The Kier molecular flexibility index (Phi) is 7.58. The van der Waals surface area contributed by atoms with Crippen molar-refractivity contribution in [3.05, 3.63) is 221 Å². The molecule has 0 bridgehead atoms. The fourth-order valence-corrected chi connectivity index (χ4v) is 10.1. The summed E-state index contributed by atoms with van der Waals surface area (Å²) in [6, 6.07) is 68.8. The summed E-state index contributed by atoms with van der Waals surface area (Å²) in [5.74, 6) is 0. The van der Waals surface area contributed by atoms with Gasteiger partial charge in [0.25, 0.3) is 0 Å². The van der Waals surface area contributed by atoms with Crippen LogP contribution in [0.4, 0.5) is 0 Å². The zero-order chi connectivity index (χ0) is 37.3. The molecule has 0 fully saturated rings. The van der Waals surface area contributed by atoms with Crippen molar-refractivity contribution in [1.82, 2.24) is 4.57 Å². The molecule has 3 aliphatic carbocycles. The largest absolute Gasteiger partial charge is 0.309 e. The molecule has 55 heavy (non-hydrogen) atoms. The number of benzene rings is 8. The van der Waals surface area contributed by atoms with E-state index in [1.54, 1.807) is 0 Å². The van der Waals surface area contributed by atoms with Crippen LogP contribution in [0, 0.1) is 0 Å². The van der Waals surface area contributed by atoms with Gasteiger partial charge >= 0.3 is 0 Å². The number of para-hydroxylation sites is 2. The number of fused-ring (bicyclic) bond motifs is 16. The number of nitrogens with zero attached hydrogens (tertiary/aromatic N) is 1. The molecular formula is C54H43N. The Balaban J connectivity index is 0.000000130. The average molecular weight is 706 g/mol. The highest BCUT2D eigenvalue weighted by Gasteiger charge is 2.51. The summed E-state index contributed by atoms with van der Waals surface area (Å²) in [7, 11) is 0. The van der Waals surface area contributed by atoms with E-state index in [1.807, 2.05) is 13.8 Å². The van der Waals surface area contributed by atoms with E-state index in [2.05, 4.69) is 206 Å². The van der Waals surface area contributed by atoms with Crippen molar-refractivity contribution in [1.29, 1.82) is 0 Å². The van der Waals surface area contributed by atoms with Crippen molar-refractivity contribution in [2.75, 3.05) is 0 Å². The third-order valence-corrected chi connectivity index (χ3v) is 12.3. The van der Waals surface area contributed by atoms with Crippen LogP contribution in [0.1, 0.15) is 61.1 Å². The lowest BCUT2D eigenvalue weighted by molar-refractivity contribution is 0.661. The molecule has 264 valence electrons. The van der Waals surface area contributed by atoms with Crippen LogP contribution < -0.4 is 0 Å². The third-order valence-electron chi connectivity index (χ3n) is 12.3. The molecule has 3 aliphatic rings. The van der Waals surface area contributed by atoms with E-state index in [1.165, 1.54) is 94.3 Å². The Bertz CT molecular complexity index is 2730. The van der Waals surface area contributed by atoms with Crippen molar-refractivity contribution in [3.63, 3.8) is 0 Å². The van der Waals surface area contributed by atoms with Crippen molar-refractivity contribution in [3.8, 4) is 39.1 Å². The zero-order valence-corrected chi connectivity index (χ0v) is 31.8. The maximum absolute atomic E-state index is 2.43. The first kappa shape index (κ1) is 33.2. The molecule has 0 atom stereocenters. The average Bonchev–Trinajstić information content (AvgIpc) is 3.92. The number of aromatic nitrogens is 1. The van der Waals surface area contributed by atoms with Crippen molar-refractivity contribution in [2.24, 2.45) is 0 Å². The van der Waals surface area contributed by atoms with Crippen LogP contribution in [0.25, 0.3) is 60.9 Å². The normalized spacial score (nSPS) is 14.1. The second kappa shape index (κ2) is 12.6. The van der Waals surface area contributed by atoms with Crippen LogP contribution in [-0.4, -0.2) is 4.57 Å². The lowest BCUT2D eigenvalue weighted by Gasteiger charge is -2.30. The molecule has 0 aliphatic heterocycles. The van der Waals surface area contributed by atoms with Crippen LogP contribution in [-0.2, 0) is 10.8 Å². The smallest absolute Gasteiger partial charge is 0.0725 e. The summed E-state index contributed by atoms with van der Waals surface area (Å²) in [5, 5.41) is 2.64. The topological polar surface area (TPSA) is 4.93 Å². The first-order chi connectivity index (χ1) is 27.1. The first-order valence-electron chi connectivity index (χ1n) is 19.7. The van der Waals surface area contributed by atoms with Gasteiger partial charge in [0, 0.05) is 21.9 Å². The summed E-state index contributed by atoms with van der Waals surface area (Å²) in [5.41, 5.74) is 20.3. The van der Waals surface area contributed by atoms with E-state index >= 15 is 0 Å². The molecule has 12 rings (SSSR count). The van der Waals surface area contributed by atoms with E-state index in [0.717, 1.165) is 0 Å². The van der Waals surface area contributed by atoms with E-state index in [9.17, 15) is 0 Å². The highest BCUT2D eigenvalue weighted by atomic mass is 15.0. The summed E-state index contributed by atoms with van der Waals surface area (Å²) < 4.78 is 2.41. The second-order valence-electron chi connectivity index (χ2n) is 15.2. The fraction of sp³-hybridized carbons (Fsp3) is 0.111. The molecule has 1 heteroatoms. The highest BCUT2D eigenvalue weighted by Crippen LogP contribution is 2.62. The van der Waals surface area contributed by atoms with E-state index < -0.39 is 0 Å². The van der Waals surface area contributed by atoms with E-state index in [4.69, 9.17) is 0 Å². The summed E-state index contributed by atoms with van der Waals surface area (Å²) >= 11 is 0. The highest BCUT2D eigenvalue weighted by molar-refractivity contribution is 6.11. The van der Waals surface area contributed by atoms with Crippen molar-refractivity contribution >= 4 is 21.8 Å². The molecule has 0 radical (unpaired) electrons. The molecule has 0 N–H and O–H groups in total. The molecular weight excluding hydrogens is 663 g/mol. The third kappa shape index (κ3) is 4.53. The Morgan fingerprint density at radius 1 is 0.327 bits per heavy atom. The second-order valence-corrected chi connectivity index (χ2v) is 15.2. The molecule has 0 saturated heterocycles. The number of hydrogen-bond donors (Lipinski definition) is 0. The van der Waals surface area contributed by atoms with Gasteiger partial charge in [0.2, 0.25) is 0 Å². The summed E-state index contributed by atoms with van der Waals surface area (Å²) in [4.78, 5) is 0. The van der Waals surface area contributed by atoms with E-state index in [0.29, 0.717) is 0 Å². The summed E-state index contributed by atoms with van der Waals surface area (Å²) in [6.07, 6.45) is 0. The number of hydrogen-bond acceptors (Lipinski definition) is 0. The van der Waals surface area contributed by atoms with Gasteiger partial charge in [-0.2, -0.15) is 0 Å². The maximum Gasteiger partial charge on any atom is 0.0725 e. The predicted octanol–water partition coefficient (Wildman–Crippen LogP) is 14.1. The summed E-state index contributed by atoms with van der Waals surface area (Å²) in [6.45, 7) is 8.69. The molecule has 0 saturated carbocycles. The Morgan fingerprint density at radius 3 is 1.24 bits per heavy atom. The van der Waals surface area contributed by atoms with Crippen molar-refractivity contribution < 1.29 is 0 Å². The van der Waals surface area contributed by atoms with Gasteiger partial charge in [-0.25, -0.2) is 0 Å². The van der Waals surface area contributed by atoms with Gasteiger partial charge < -0.3 is 4.57 Å². The predicted molar refractivity (Wildman–Crippen MR) is 232 cm³/mol. The van der Waals surface area contributed by atoms with Gasteiger partial charge in [-0.15, -0.1) is 0 Å². The molecule has 9 aromatic rings. The Labute approximate surface area is 324 Å². The van der Waals surface area contributed by atoms with Gasteiger partial charge in [0.15, 0.2) is 0 Å². The van der Waals surface area contributed by atoms with Gasteiger partial charge in [-0.1, -0.05) is 185 Å². The maximum atomic E-state index is 2.43. The van der Waals surface area contributed by atoms with Gasteiger partial charge in [-0.3, -0.25) is 0 Å². The minimum Gasteiger partial charge on any atom is -0.309 e. The number of rotatable bonds is 1. The van der Waals surface area contributed by atoms with Crippen LogP contribution in [0.15, 0.2) is 188 Å². The van der Waals surface area contributed by atoms with Gasteiger partial charge in [0.1, 0.15) is 0 Å². The van der Waals surface area contributed by atoms with Gasteiger partial charge in [0.05, 0.1) is 16.4 Å². The molecule has 1 aromatic heterocycles. The molecule has 8 aromatic carbocycles. The zero-order valence-electron chi connectivity index (χ0n) is 31.8. The molecule has 0 amide bonds. The Hall–Kier alpha value is -6.44. The van der Waals surface area contributed by atoms with Crippen LogP contribution in [0.5, 0.6) is 0 Å². The van der Waals surface area contributed by atoms with Crippen molar-refractivity contribution in [2.45, 2.75) is 38.5 Å². The molecule has 0 unspecified atom stereocenters.